The lowest BCUT2D eigenvalue weighted by molar-refractivity contribution is -0.137. The van der Waals surface area contributed by atoms with Gasteiger partial charge in [0.25, 0.3) is 0 Å². The lowest BCUT2D eigenvalue weighted by Crippen LogP contribution is -2.42. The maximum Gasteiger partial charge on any atom is 0.417 e. The van der Waals surface area contributed by atoms with E-state index in [1.807, 2.05) is 13.8 Å². The minimum atomic E-state index is -4.57. The van der Waals surface area contributed by atoms with Crippen molar-refractivity contribution < 1.29 is 21.6 Å². The van der Waals surface area contributed by atoms with Gasteiger partial charge in [-0.3, -0.25) is 0 Å². The van der Waals surface area contributed by atoms with Crippen LogP contribution in [-0.2, 0) is 16.2 Å². The van der Waals surface area contributed by atoms with E-state index in [0.717, 1.165) is 17.8 Å². The SMILES string of the molecule is [C-]#[N+]c1cnc(NC(C)C2CCN(S(=O)(=O)c3ccc(C)cc3)CC2)nc1-c1c[nH]c2ncc(C(F)(F)F)cc12. The van der Waals surface area contributed by atoms with E-state index < -0.39 is 21.8 Å². The van der Waals surface area contributed by atoms with E-state index >= 15 is 0 Å². The number of nitrogens with one attached hydrogen (secondary N) is 2. The fraction of sp³-hybridized carbons (Fsp3) is 0.333. The molecule has 2 N–H and O–H groups in total. The van der Waals surface area contributed by atoms with Crippen molar-refractivity contribution in [2.75, 3.05) is 18.4 Å². The number of anilines is 1. The van der Waals surface area contributed by atoms with Gasteiger partial charge < -0.3 is 10.3 Å². The van der Waals surface area contributed by atoms with Crippen LogP contribution in [0, 0.1) is 19.4 Å². The summed E-state index contributed by atoms with van der Waals surface area (Å²) in [5, 5.41) is 3.44. The lowest BCUT2D eigenvalue weighted by Gasteiger charge is -2.34. The first-order chi connectivity index (χ1) is 19.0. The summed E-state index contributed by atoms with van der Waals surface area (Å²) in [4.78, 5) is 19.2. The third kappa shape index (κ3) is 5.37. The van der Waals surface area contributed by atoms with Crippen LogP contribution < -0.4 is 5.32 Å². The fourth-order valence-electron chi connectivity index (χ4n) is 4.88. The number of rotatable bonds is 6. The van der Waals surface area contributed by atoms with Crippen molar-refractivity contribution in [2.24, 2.45) is 5.92 Å². The second-order valence-corrected chi connectivity index (χ2v) is 11.8. The number of fused-ring (bicyclic) bond motifs is 1. The van der Waals surface area contributed by atoms with Gasteiger partial charge in [0.2, 0.25) is 21.7 Å². The molecule has 3 aromatic heterocycles. The molecular weight excluding hydrogens is 543 g/mol. The summed E-state index contributed by atoms with van der Waals surface area (Å²) in [6, 6.07) is 7.66. The molecule has 13 heteroatoms. The van der Waals surface area contributed by atoms with Gasteiger partial charge in [-0.15, -0.1) is 0 Å². The molecule has 1 fully saturated rings. The van der Waals surface area contributed by atoms with Crippen LogP contribution in [-0.4, -0.2) is 51.8 Å². The summed E-state index contributed by atoms with van der Waals surface area (Å²) in [5.41, 5.74) is 0.916. The molecule has 1 aliphatic rings. The Bertz CT molecular complexity index is 1690. The average Bonchev–Trinajstić information content (AvgIpc) is 3.36. The standard InChI is InChI=1S/C27H26F3N7O2S/c1-16-4-6-20(7-5-16)40(38,39)37-10-8-18(9-11-37)17(2)35-26-34-15-23(31-3)24(36-26)22-14-33-25-21(22)12-19(13-32-25)27(28,29)30/h4-7,12-15,17-18H,8-11H2,1-2H3,(H,32,33)(H,34,35,36). The molecule has 0 bridgehead atoms. The van der Waals surface area contributed by atoms with Gasteiger partial charge >= 0.3 is 6.18 Å². The number of benzene rings is 1. The van der Waals surface area contributed by atoms with Gasteiger partial charge in [-0.2, -0.15) is 17.5 Å². The number of sulfonamides is 1. The first-order valence-corrected chi connectivity index (χ1v) is 14.0. The maximum absolute atomic E-state index is 13.3. The van der Waals surface area contributed by atoms with Crippen LogP contribution in [0.25, 0.3) is 27.1 Å². The van der Waals surface area contributed by atoms with Crippen molar-refractivity contribution in [3.8, 4) is 11.3 Å². The zero-order valence-corrected chi connectivity index (χ0v) is 22.5. The maximum atomic E-state index is 13.3. The number of H-pyrrole nitrogens is 1. The molecule has 0 saturated carbocycles. The summed E-state index contributed by atoms with van der Waals surface area (Å²) in [5.74, 6) is 0.350. The van der Waals surface area contributed by atoms with Crippen LogP contribution in [0.2, 0.25) is 0 Å². The van der Waals surface area contributed by atoms with Crippen molar-refractivity contribution in [1.29, 1.82) is 0 Å². The van der Waals surface area contributed by atoms with Crippen LogP contribution in [0.1, 0.15) is 30.9 Å². The summed E-state index contributed by atoms with van der Waals surface area (Å²) < 4.78 is 67.5. The van der Waals surface area contributed by atoms with Crippen LogP contribution >= 0.6 is 0 Å². The summed E-state index contributed by atoms with van der Waals surface area (Å²) >= 11 is 0. The first-order valence-electron chi connectivity index (χ1n) is 12.6. The Morgan fingerprint density at radius 1 is 1.15 bits per heavy atom. The predicted molar refractivity (Wildman–Crippen MR) is 144 cm³/mol. The minimum absolute atomic E-state index is 0.0890. The molecule has 40 heavy (non-hydrogen) atoms. The molecule has 0 aliphatic carbocycles. The van der Waals surface area contributed by atoms with Crippen LogP contribution in [0.4, 0.5) is 24.8 Å². The number of halogens is 3. The van der Waals surface area contributed by atoms with Crippen molar-refractivity contribution >= 4 is 32.7 Å². The number of aryl methyl sites for hydroxylation is 1. The second kappa shape index (κ2) is 10.5. The van der Waals surface area contributed by atoms with E-state index in [4.69, 9.17) is 6.57 Å². The van der Waals surface area contributed by atoms with Gasteiger partial charge in [0, 0.05) is 48.7 Å². The van der Waals surface area contributed by atoms with Gasteiger partial charge in [0.05, 0.1) is 22.7 Å². The summed E-state index contributed by atoms with van der Waals surface area (Å²) in [6.45, 7) is 12.1. The number of aromatic amines is 1. The first kappa shape index (κ1) is 27.5. The molecule has 1 atom stereocenters. The van der Waals surface area contributed by atoms with E-state index in [1.165, 1.54) is 16.7 Å². The molecule has 5 rings (SSSR count). The van der Waals surface area contributed by atoms with Gasteiger partial charge in [-0.25, -0.2) is 28.2 Å². The molecular formula is C27H26F3N7O2S. The van der Waals surface area contributed by atoms with Crippen molar-refractivity contribution in [3.05, 3.63) is 71.5 Å². The molecule has 1 unspecified atom stereocenters. The van der Waals surface area contributed by atoms with Crippen LogP contribution in [0.3, 0.4) is 0 Å². The number of alkyl halides is 3. The second-order valence-electron chi connectivity index (χ2n) is 9.85. The lowest BCUT2D eigenvalue weighted by atomic mass is 9.91. The Labute approximate surface area is 229 Å². The van der Waals surface area contributed by atoms with E-state index in [2.05, 4.69) is 30.1 Å². The summed E-state index contributed by atoms with van der Waals surface area (Å²) in [6.07, 6.45) is 0.250. The van der Waals surface area contributed by atoms with E-state index in [-0.39, 0.29) is 45.2 Å². The Morgan fingerprint density at radius 3 is 2.50 bits per heavy atom. The predicted octanol–water partition coefficient (Wildman–Crippen LogP) is 5.80. The molecule has 9 nitrogen and oxygen atoms in total. The zero-order valence-electron chi connectivity index (χ0n) is 21.7. The minimum Gasteiger partial charge on any atom is -0.352 e. The van der Waals surface area contributed by atoms with E-state index in [9.17, 15) is 21.6 Å². The molecule has 4 heterocycles. The largest absolute Gasteiger partial charge is 0.417 e. The van der Waals surface area contributed by atoms with Gasteiger partial charge in [0.15, 0.2) is 0 Å². The number of hydrogen-bond donors (Lipinski definition) is 2. The number of piperidine rings is 1. The molecule has 208 valence electrons. The normalized spacial score (nSPS) is 16.1. The third-order valence-electron chi connectivity index (χ3n) is 7.22. The molecule has 0 amide bonds. The van der Waals surface area contributed by atoms with Gasteiger partial charge in [-0.1, -0.05) is 17.7 Å². The molecule has 1 saturated heterocycles. The van der Waals surface area contributed by atoms with Crippen LogP contribution in [0.15, 0.2) is 53.8 Å². The van der Waals surface area contributed by atoms with Crippen LogP contribution in [0.5, 0.6) is 0 Å². The molecule has 1 aromatic carbocycles. The Kier molecular flexibility index (Phi) is 7.24. The monoisotopic (exact) mass is 569 g/mol. The van der Waals surface area contributed by atoms with Gasteiger partial charge in [-0.05, 0) is 50.8 Å². The fourth-order valence-corrected chi connectivity index (χ4v) is 6.35. The van der Waals surface area contributed by atoms with Crippen molar-refractivity contribution in [2.45, 2.75) is 43.8 Å². The smallest absolute Gasteiger partial charge is 0.352 e. The zero-order chi connectivity index (χ0) is 28.7. The molecule has 4 aromatic rings. The highest BCUT2D eigenvalue weighted by Crippen LogP contribution is 2.37. The van der Waals surface area contributed by atoms with E-state index in [1.54, 1.807) is 24.3 Å². The number of hydrogen-bond acceptors (Lipinski definition) is 6. The highest BCUT2D eigenvalue weighted by atomic mass is 32.2. The summed E-state index contributed by atoms with van der Waals surface area (Å²) in [7, 11) is -3.57. The Hall–Kier alpha value is -4.02. The highest BCUT2D eigenvalue weighted by Gasteiger charge is 2.33. The number of nitrogens with zero attached hydrogens (tertiary/aromatic N) is 5. The Balaban J connectivity index is 1.33. The average molecular weight is 570 g/mol. The van der Waals surface area contributed by atoms with Crippen molar-refractivity contribution in [3.63, 3.8) is 0 Å². The van der Waals surface area contributed by atoms with Crippen molar-refractivity contribution in [1.82, 2.24) is 24.2 Å². The Morgan fingerprint density at radius 2 is 1.85 bits per heavy atom. The third-order valence-corrected chi connectivity index (χ3v) is 9.14. The topological polar surface area (TPSA) is 108 Å². The van der Waals surface area contributed by atoms with Gasteiger partial charge in [0.1, 0.15) is 5.65 Å². The molecule has 1 aliphatic heterocycles. The molecule has 0 radical (unpaired) electrons. The quantitative estimate of drug-likeness (QED) is 0.284. The molecule has 0 spiro atoms. The number of pyridine rings is 1. The van der Waals surface area contributed by atoms with E-state index in [0.29, 0.717) is 31.5 Å². The number of aromatic nitrogens is 4. The highest BCUT2D eigenvalue weighted by molar-refractivity contribution is 7.89.